The predicted octanol–water partition coefficient (Wildman–Crippen LogP) is 4.90. The van der Waals surface area contributed by atoms with E-state index in [9.17, 15) is 9.18 Å². The van der Waals surface area contributed by atoms with Crippen LogP contribution in [0.1, 0.15) is 76.7 Å². The third-order valence-corrected chi connectivity index (χ3v) is 8.15. The molecule has 4 heteroatoms. The van der Waals surface area contributed by atoms with Crippen molar-refractivity contribution in [2.45, 2.75) is 88.8 Å². The number of rotatable bonds is 6. The fourth-order valence-corrected chi connectivity index (χ4v) is 6.69. The largest absolute Gasteiger partial charge is 0.350 e. The van der Waals surface area contributed by atoms with E-state index in [2.05, 4.69) is 47.9 Å². The van der Waals surface area contributed by atoms with Crippen LogP contribution in [0.2, 0.25) is 0 Å². The van der Waals surface area contributed by atoms with E-state index >= 15 is 0 Å². The Bertz CT molecular complexity index is 695. The third-order valence-electron chi connectivity index (χ3n) is 8.15. The number of hydrogen-bond acceptors (Lipinski definition) is 2. The minimum absolute atomic E-state index is 0.0367. The van der Waals surface area contributed by atoms with Crippen molar-refractivity contribution in [1.82, 2.24) is 10.6 Å². The van der Waals surface area contributed by atoms with Gasteiger partial charge in [-0.05, 0) is 73.8 Å². The van der Waals surface area contributed by atoms with Crippen LogP contribution < -0.4 is 10.6 Å². The summed E-state index contributed by atoms with van der Waals surface area (Å²) in [7, 11) is 0. The molecule has 3 fully saturated rings. The highest BCUT2D eigenvalue weighted by molar-refractivity contribution is 5.76. The van der Waals surface area contributed by atoms with Gasteiger partial charge < -0.3 is 10.6 Å². The lowest BCUT2D eigenvalue weighted by Crippen LogP contribution is -2.51. The van der Waals surface area contributed by atoms with Crippen LogP contribution in [-0.2, 0) is 10.2 Å². The Morgan fingerprint density at radius 2 is 2.07 bits per heavy atom. The molecule has 29 heavy (non-hydrogen) atoms. The zero-order valence-electron chi connectivity index (χ0n) is 17.9. The average molecular weight is 401 g/mol. The summed E-state index contributed by atoms with van der Waals surface area (Å²) in [4.78, 5) is 12.5. The second-order valence-electron chi connectivity index (χ2n) is 10.0. The lowest BCUT2D eigenvalue weighted by Gasteiger charge is -2.55. The number of benzene rings is 1. The molecule has 160 valence electrons. The van der Waals surface area contributed by atoms with Gasteiger partial charge in [0.25, 0.3) is 0 Å². The normalized spacial score (nSPS) is 37.1. The summed E-state index contributed by atoms with van der Waals surface area (Å²) in [5, 5.41) is 6.02. The SMILES string of the molecule is CC[C@@]12CCC[C@@](c3ccccc3)(CC(CCC(=O)N[C@H]3CCNC[C@@H]3F)C1)C2. The number of fused-ring (bicyclic) bond motifs is 2. The van der Waals surface area contributed by atoms with Gasteiger partial charge in [-0.3, -0.25) is 4.79 Å². The molecule has 1 heterocycles. The van der Waals surface area contributed by atoms with Gasteiger partial charge in [0.1, 0.15) is 6.17 Å². The fraction of sp³-hybridized carbons (Fsp3) is 0.720. The first-order valence-corrected chi connectivity index (χ1v) is 11.7. The Morgan fingerprint density at radius 1 is 1.24 bits per heavy atom. The van der Waals surface area contributed by atoms with E-state index in [4.69, 9.17) is 0 Å². The molecule has 1 amide bonds. The zero-order chi connectivity index (χ0) is 20.3. The van der Waals surface area contributed by atoms with Crippen molar-refractivity contribution < 1.29 is 9.18 Å². The second kappa shape index (κ2) is 8.75. The maximum atomic E-state index is 14.0. The van der Waals surface area contributed by atoms with Crippen molar-refractivity contribution in [2.24, 2.45) is 11.3 Å². The molecular formula is C25H37FN2O. The molecule has 5 atom stereocenters. The molecule has 0 spiro atoms. The fourth-order valence-electron chi connectivity index (χ4n) is 6.69. The monoisotopic (exact) mass is 400 g/mol. The van der Waals surface area contributed by atoms with Gasteiger partial charge in [0, 0.05) is 13.0 Å². The first kappa shape index (κ1) is 20.8. The first-order chi connectivity index (χ1) is 14.0. The molecule has 1 unspecified atom stereocenters. The maximum absolute atomic E-state index is 14.0. The highest BCUT2D eigenvalue weighted by Gasteiger charge is 2.50. The predicted molar refractivity (Wildman–Crippen MR) is 116 cm³/mol. The second-order valence-corrected chi connectivity index (χ2v) is 10.0. The van der Waals surface area contributed by atoms with Crippen LogP contribution in [0.3, 0.4) is 0 Å². The summed E-state index contributed by atoms with van der Waals surface area (Å²) in [5.41, 5.74) is 2.22. The van der Waals surface area contributed by atoms with Crippen LogP contribution in [0.5, 0.6) is 0 Å². The van der Waals surface area contributed by atoms with Crippen molar-refractivity contribution in [3.05, 3.63) is 35.9 Å². The molecule has 0 radical (unpaired) electrons. The van der Waals surface area contributed by atoms with E-state index in [-0.39, 0.29) is 17.4 Å². The maximum Gasteiger partial charge on any atom is 0.220 e. The molecule has 2 N–H and O–H groups in total. The van der Waals surface area contributed by atoms with Crippen molar-refractivity contribution in [1.29, 1.82) is 0 Å². The first-order valence-electron chi connectivity index (χ1n) is 11.7. The van der Waals surface area contributed by atoms with Crippen LogP contribution in [0.4, 0.5) is 4.39 Å². The van der Waals surface area contributed by atoms with Crippen molar-refractivity contribution >= 4 is 5.91 Å². The van der Waals surface area contributed by atoms with E-state index in [1.165, 1.54) is 50.5 Å². The summed E-state index contributed by atoms with van der Waals surface area (Å²) < 4.78 is 14.0. The Hall–Kier alpha value is -1.42. The minimum Gasteiger partial charge on any atom is -0.350 e. The van der Waals surface area contributed by atoms with Crippen molar-refractivity contribution in [3.8, 4) is 0 Å². The van der Waals surface area contributed by atoms with Crippen LogP contribution in [0.15, 0.2) is 30.3 Å². The summed E-state index contributed by atoms with van der Waals surface area (Å²) >= 11 is 0. The number of hydrogen-bond donors (Lipinski definition) is 2. The molecule has 1 aromatic carbocycles. The smallest absolute Gasteiger partial charge is 0.220 e. The topological polar surface area (TPSA) is 41.1 Å². The summed E-state index contributed by atoms with van der Waals surface area (Å²) in [6.45, 7) is 3.49. The van der Waals surface area contributed by atoms with Crippen LogP contribution in [0, 0.1) is 11.3 Å². The zero-order valence-corrected chi connectivity index (χ0v) is 17.9. The number of halogens is 1. The Labute approximate surface area is 175 Å². The summed E-state index contributed by atoms with van der Waals surface area (Å²) in [6, 6.07) is 10.8. The lowest BCUT2D eigenvalue weighted by atomic mass is 9.49. The molecule has 2 aliphatic carbocycles. The highest BCUT2D eigenvalue weighted by Crippen LogP contribution is 2.60. The van der Waals surface area contributed by atoms with Gasteiger partial charge in [0.05, 0.1) is 6.04 Å². The molecule has 1 aromatic rings. The highest BCUT2D eigenvalue weighted by atomic mass is 19.1. The molecule has 1 saturated heterocycles. The van der Waals surface area contributed by atoms with Gasteiger partial charge >= 0.3 is 0 Å². The molecule has 2 bridgehead atoms. The molecule has 2 saturated carbocycles. The number of alkyl halides is 1. The molecular weight excluding hydrogens is 363 g/mol. The van der Waals surface area contributed by atoms with E-state index in [0.29, 0.717) is 30.7 Å². The number of carbonyl (C=O) groups is 1. The number of piperidine rings is 1. The number of carbonyl (C=O) groups excluding carboxylic acids is 1. The van der Waals surface area contributed by atoms with Gasteiger partial charge in [-0.15, -0.1) is 0 Å². The van der Waals surface area contributed by atoms with Crippen molar-refractivity contribution in [2.75, 3.05) is 13.1 Å². The summed E-state index contributed by atoms with van der Waals surface area (Å²) in [6.07, 6.45) is 10.1. The van der Waals surface area contributed by atoms with Gasteiger partial charge in [0.15, 0.2) is 0 Å². The van der Waals surface area contributed by atoms with Crippen LogP contribution >= 0.6 is 0 Å². The van der Waals surface area contributed by atoms with E-state index < -0.39 is 6.17 Å². The Morgan fingerprint density at radius 3 is 2.83 bits per heavy atom. The van der Waals surface area contributed by atoms with E-state index in [0.717, 1.165) is 13.0 Å². The van der Waals surface area contributed by atoms with Gasteiger partial charge in [-0.2, -0.15) is 0 Å². The minimum atomic E-state index is -0.966. The number of amides is 1. The molecule has 1 aliphatic heterocycles. The van der Waals surface area contributed by atoms with E-state index in [1.807, 2.05) is 0 Å². The third kappa shape index (κ3) is 4.52. The van der Waals surface area contributed by atoms with Crippen LogP contribution in [0.25, 0.3) is 0 Å². The van der Waals surface area contributed by atoms with Gasteiger partial charge in [-0.25, -0.2) is 4.39 Å². The summed E-state index contributed by atoms with van der Waals surface area (Å²) in [5.74, 6) is 0.624. The van der Waals surface area contributed by atoms with Crippen molar-refractivity contribution in [3.63, 3.8) is 0 Å². The van der Waals surface area contributed by atoms with Crippen LogP contribution in [-0.4, -0.2) is 31.2 Å². The number of nitrogens with one attached hydrogen (secondary N) is 2. The lowest BCUT2D eigenvalue weighted by molar-refractivity contribution is -0.123. The molecule has 0 aromatic heterocycles. The van der Waals surface area contributed by atoms with Gasteiger partial charge in [0.2, 0.25) is 5.91 Å². The molecule has 3 nitrogen and oxygen atoms in total. The Kier molecular flexibility index (Phi) is 6.29. The molecule has 4 rings (SSSR count). The Balaban J connectivity index is 1.42. The quantitative estimate of drug-likeness (QED) is 0.713. The van der Waals surface area contributed by atoms with E-state index in [1.54, 1.807) is 0 Å². The molecule has 3 aliphatic rings. The standard InChI is InChI=1S/C25H37FN2O/c1-2-24-12-6-13-25(18-24,20-7-4-3-5-8-20)16-19(15-24)9-10-23(29)28-22-11-14-27-17-21(22)26/h3-5,7-8,19,21-22,27H,2,6,9-18H2,1H3,(H,28,29)/t19?,21-,22-,24+,25+/m0/s1. The van der Waals surface area contributed by atoms with Gasteiger partial charge in [-0.1, -0.05) is 50.1 Å². The average Bonchev–Trinajstić information content (AvgIpc) is 2.74.